The molecule has 0 radical (unpaired) electrons. The monoisotopic (exact) mass is 469 g/mol. The van der Waals surface area contributed by atoms with Gasteiger partial charge in [-0.3, -0.25) is 0 Å². The Morgan fingerprint density at radius 2 is 1.06 bits per heavy atom. The average molecular weight is 470 g/mol. The van der Waals surface area contributed by atoms with E-state index in [2.05, 4.69) is 134 Å². The van der Waals surface area contributed by atoms with E-state index in [9.17, 15) is 0 Å². The lowest BCUT2D eigenvalue weighted by molar-refractivity contribution is 0.913. The van der Waals surface area contributed by atoms with Crippen molar-refractivity contribution in [2.45, 2.75) is 38.9 Å². The maximum absolute atomic E-state index is 5.03. The van der Waals surface area contributed by atoms with Gasteiger partial charge in [-0.25, -0.2) is 4.98 Å². The molecule has 33 heavy (non-hydrogen) atoms. The molecule has 0 aliphatic rings. The summed E-state index contributed by atoms with van der Waals surface area (Å²) in [6.45, 7) is 7.19. The quantitative estimate of drug-likeness (QED) is 0.257. The number of hydrogen-bond acceptors (Lipinski definition) is 2. The molecule has 1 aromatic heterocycles. The van der Waals surface area contributed by atoms with E-state index in [1.54, 1.807) is 0 Å². The number of anilines is 1. The molecule has 4 aromatic rings. The Kier molecular flexibility index (Phi) is 7.00. The van der Waals surface area contributed by atoms with E-state index < -0.39 is 16.5 Å². The summed E-state index contributed by atoms with van der Waals surface area (Å²) in [5, 5.41) is 4.25. The minimum absolute atomic E-state index is 1.12. The number of hydrogen-bond donors (Lipinski definition) is 0. The number of imidazole rings is 1. The Labute approximate surface area is 200 Å². The number of rotatable bonds is 9. The van der Waals surface area contributed by atoms with Crippen molar-refractivity contribution in [1.29, 1.82) is 0 Å². The third-order valence-electron chi connectivity index (χ3n) is 7.28. The maximum atomic E-state index is 5.03. The molecule has 0 aliphatic heterocycles. The zero-order valence-electron chi connectivity index (χ0n) is 20.3. The van der Waals surface area contributed by atoms with E-state index in [0.717, 1.165) is 5.82 Å². The molecule has 0 saturated heterocycles. The highest BCUT2D eigenvalue weighted by molar-refractivity contribution is 7.21. The molecule has 0 N–H and O–H groups in total. The van der Waals surface area contributed by atoms with E-state index in [4.69, 9.17) is 4.98 Å². The first kappa shape index (κ1) is 23.3. The van der Waals surface area contributed by atoms with Crippen LogP contribution >= 0.6 is 0 Å². The van der Waals surface area contributed by atoms with Crippen LogP contribution in [0.25, 0.3) is 0 Å². The van der Waals surface area contributed by atoms with Gasteiger partial charge in [-0.05, 0) is 33.7 Å². The molecule has 0 saturated carbocycles. The van der Waals surface area contributed by atoms with E-state index >= 15 is 0 Å². The fourth-order valence-corrected chi connectivity index (χ4v) is 18.2. The summed E-state index contributed by atoms with van der Waals surface area (Å²) in [6.07, 6.45) is 4.20. The van der Waals surface area contributed by atoms with Crippen molar-refractivity contribution in [2.75, 3.05) is 4.23 Å². The normalized spacial score (nSPS) is 12.0. The van der Waals surface area contributed by atoms with Crippen molar-refractivity contribution in [3.8, 4) is 0 Å². The first-order valence-corrected chi connectivity index (χ1v) is 16.6. The van der Waals surface area contributed by atoms with Gasteiger partial charge in [0.25, 0.3) is 0 Å². The van der Waals surface area contributed by atoms with Gasteiger partial charge in [0.2, 0.25) is 8.24 Å². The Bertz CT molecular complexity index is 1030. The Hall–Kier alpha value is -2.90. The van der Waals surface area contributed by atoms with Crippen LogP contribution in [0, 0.1) is 0 Å². The van der Waals surface area contributed by atoms with Crippen molar-refractivity contribution in [3.05, 3.63) is 104 Å². The van der Waals surface area contributed by atoms with E-state index in [1.165, 1.54) is 33.7 Å². The van der Waals surface area contributed by atoms with E-state index in [1.807, 2.05) is 6.33 Å². The molecule has 4 rings (SSSR count). The summed E-state index contributed by atoms with van der Waals surface area (Å²) in [5.41, 5.74) is 0. The lowest BCUT2D eigenvalue weighted by Crippen LogP contribution is -2.83. The van der Waals surface area contributed by atoms with Crippen LogP contribution in [0.2, 0.25) is 18.1 Å². The van der Waals surface area contributed by atoms with Crippen molar-refractivity contribution >= 4 is 37.8 Å². The summed E-state index contributed by atoms with van der Waals surface area (Å²) >= 11 is 0. The highest BCUT2D eigenvalue weighted by atomic mass is 28.4. The van der Waals surface area contributed by atoms with Crippen molar-refractivity contribution in [2.24, 2.45) is 7.05 Å². The number of benzene rings is 3. The highest BCUT2D eigenvalue weighted by Gasteiger charge is 2.53. The van der Waals surface area contributed by atoms with Crippen LogP contribution in [-0.4, -0.2) is 26.0 Å². The standard InChI is InChI=1S/C28H35N3Si2/c1-5-32(6-2,7-3)31(28-23-30(4)24-29-28)33(25-17-11-8-12-18-25,26-19-13-9-14-20-26)27-21-15-10-16-22-27/h8-24H,5-7H2,1-4H3. The SMILES string of the molecule is CC[Si](CC)(CC)N(c1cn(C)cn1)[Si](c1ccccc1)(c1ccccc1)c1ccccc1. The van der Waals surface area contributed by atoms with Gasteiger partial charge in [0.15, 0.2) is 0 Å². The number of aryl methyl sites for hydroxylation is 1. The molecule has 0 unspecified atom stereocenters. The van der Waals surface area contributed by atoms with Crippen LogP contribution in [0.4, 0.5) is 5.82 Å². The van der Waals surface area contributed by atoms with Gasteiger partial charge in [0, 0.05) is 13.2 Å². The average Bonchev–Trinajstić information content (AvgIpc) is 3.32. The maximum Gasteiger partial charge on any atom is 0.246 e. The third kappa shape index (κ3) is 4.00. The molecule has 0 bridgehead atoms. The Morgan fingerprint density at radius 3 is 1.36 bits per heavy atom. The summed E-state index contributed by atoms with van der Waals surface area (Å²) < 4.78 is 5.00. The summed E-state index contributed by atoms with van der Waals surface area (Å²) in [7, 11) is -2.52. The van der Waals surface area contributed by atoms with Crippen molar-refractivity contribution in [3.63, 3.8) is 0 Å². The fourth-order valence-electron chi connectivity index (χ4n) is 5.43. The third-order valence-corrected chi connectivity index (χ3v) is 19.2. The highest BCUT2D eigenvalue weighted by Crippen LogP contribution is 2.34. The second-order valence-electron chi connectivity index (χ2n) is 8.83. The van der Waals surface area contributed by atoms with E-state index in [-0.39, 0.29) is 0 Å². The number of nitrogens with zero attached hydrogens (tertiary/aromatic N) is 3. The molecule has 170 valence electrons. The van der Waals surface area contributed by atoms with E-state index in [0.29, 0.717) is 0 Å². The Morgan fingerprint density at radius 1 is 0.667 bits per heavy atom. The van der Waals surface area contributed by atoms with Crippen LogP contribution in [0.3, 0.4) is 0 Å². The van der Waals surface area contributed by atoms with Gasteiger partial charge in [-0.2, -0.15) is 0 Å². The van der Waals surface area contributed by atoms with Gasteiger partial charge < -0.3 is 8.80 Å². The lowest BCUT2D eigenvalue weighted by Gasteiger charge is -2.53. The van der Waals surface area contributed by atoms with Gasteiger partial charge in [0.05, 0.1) is 6.33 Å². The van der Waals surface area contributed by atoms with Crippen LogP contribution in [0.5, 0.6) is 0 Å². The molecule has 3 aromatic carbocycles. The largest absolute Gasteiger partial charge is 0.397 e. The van der Waals surface area contributed by atoms with Gasteiger partial charge in [-0.1, -0.05) is 112 Å². The summed E-state index contributed by atoms with van der Waals surface area (Å²) in [4.78, 5) is 5.03. The predicted octanol–water partition coefficient (Wildman–Crippen LogP) is 4.90. The minimum atomic E-state index is -2.66. The second kappa shape index (κ2) is 9.93. The van der Waals surface area contributed by atoms with Gasteiger partial charge >= 0.3 is 0 Å². The minimum Gasteiger partial charge on any atom is -0.397 e. The molecular formula is C28H35N3Si2. The molecule has 3 nitrogen and oxygen atoms in total. The Balaban J connectivity index is 2.20. The molecule has 0 fully saturated rings. The number of aromatic nitrogens is 2. The first-order chi connectivity index (χ1) is 16.1. The smallest absolute Gasteiger partial charge is 0.246 e. The zero-order chi connectivity index (χ0) is 23.3. The molecule has 0 atom stereocenters. The van der Waals surface area contributed by atoms with Crippen molar-refractivity contribution < 1.29 is 0 Å². The van der Waals surface area contributed by atoms with Crippen LogP contribution in [-0.2, 0) is 7.05 Å². The van der Waals surface area contributed by atoms with Crippen LogP contribution in [0.1, 0.15) is 20.8 Å². The van der Waals surface area contributed by atoms with Gasteiger partial charge in [-0.15, -0.1) is 0 Å². The van der Waals surface area contributed by atoms with Crippen LogP contribution < -0.4 is 19.8 Å². The van der Waals surface area contributed by atoms with Gasteiger partial charge in [0.1, 0.15) is 14.1 Å². The second-order valence-corrected chi connectivity index (χ2v) is 17.9. The molecule has 5 heteroatoms. The predicted molar refractivity (Wildman–Crippen MR) is 147 cm³/mol. The molecule has 0 spiro atoms. The first-order valence-electron chi connectivity index (χ1n) is 12.1. The lowest BCUT2D eigenvalue weighted by atomic mass is 10.3. The zero-order valence-corrected chi connectivity index (χ0v) is 22.3. The fraction of sp³-hybridized carbons (Fsp3) is 0.250. The van der Waals surface area contributed by atoms with Crippen molar-refractivity contribution in [1.82, 2.24) is 9.55 Å². The molecule has 1 heterocycles. The summed E-state index contributed by atoms with van der Waals surface area (Å²) in [5.74, 6) is 1.12. The summed E-state index contributed by atoms with van der Waals surface area (Å²) in [6, 6.07) is 37.3. The molecule has 0 amide bonds. The molecular weight excluding hydrogens is 435 g/mol. The van der Waals surface area contributed by atoms with Crippen LogP contribution in [0.15, 0.2) is 104 Å². The molecule has 0 aliphatic carbocycles. The topological polar surface area (TPSA) is 21.1 Å².